The Bertz CT molecular complexity index is 463. The molecule has 1 aromatic rings. The molecule has 19 heavy (non-hydrogen) atoms. The zero-order chi connectivity index (χ0) is 14.6. The van der Waals surface area contributed by atoms with Crippen molar-refractivity contribution in [2.45, 2.75) is 32.4 Å². The first-order valence-electron chi connectivity index (χ1n) is 5.80. The van der Waals surface area contributed by atoms with Crippen molar-refractivity contribution in [1.82, 2.24) is 5.32 Å². The van der Waals surface area contributed by atoms with E-state index in [0.29, 0.717) is 15.8 Å². The molecule has 1 rings (SSSR count). The number of aliphatic hydroxyl groups excluding tert-OH is 1. The van der Waals surface area contributed by atoms with Crippen LogP contribution in [0.25, 0.3) is 0 Å². The Morgan fingerprint density at radius 3 is 2.58 bits per heavy atom. The minimum atomic E-state index is -0.705. The van der Waals surface area contributed by atoms with Crippen molar-refractivity contribution >= 4 is 29.1 Å². The van der Waals surface area contributed by atoms with E-state index in [-0.39, 0.29) is 12.5 Å². The van der Waals surface area contributed by atoms with Crippen molar-refractivity contribution in [1.29, 1.82) is 0 Å². The Balaban J connectivity index is 2.66. The van der Waals surface area contributed by atoms with E-state index in [9.17, 15) is 4.79 Å². The lowest BCUT2D eigenvalue weighted by molar-refractivity contribution is -0.129. The average Bonchev–Trinajstić information content (AvgIpc) is 2.33. The van der Waals surface area contributed by atoms with Crippen molar-refractivity contribution in [3.63, 3.8) is 0 Å². The van der Waals surface area contributed by atoms with E-state index >= 15 is 0 Å². The zero-order valence-corrected chi connectivity index (χ0v) is 12.5. The number of ether oxygens (including phenoxy) is 1. The van der Waals surface area contributed by atoms with Crippen molar-refractivity contribution in [3.8, 4) is 5.75 Å². The molecule has 0 aliphatic heterocycles. The smallest absolute Gasteiger partial charge is 0.261 e. The lowest BCUT2D eigenvalue weighted by atomic mass is 10.1. The van der Waals surface area contributed by atoms with Gasteiger partial charge in [-0.1, -0.05) is 23.2 Å². The Hall–Kier alpha value is -0.970. The van der Waals surface area contributed by atoms with Crippen molar-refractivity contribution in [2.24, 2.45) is 0 Å². The van der Waals surface area contributed by atoms with Crippen LogP contribution in [-0.4, -0.2) is 29.3 Å². The number of nitrogens with one attached hydrogen (secondary N) is 1. The van der Waals surface area contributed by atoms with Crippen LogP contribution < -0.4 is 10.1 Å². The SMILES string of the molecule is CC(Oc1ccc(Cl)c(Cl)c1)C(=O)NC(C)(C)CO. The van der Waals surface area contributed by atoms with Crippen LogP contribution in [0.4, 0.5) is 0 Å². The lowest BCUT2D eigenvalue weighted by Gasteiger charge is -2.25. The van der Waals surface area contributed by atoms with Crippen LogP contribution in [0.1, 0.15) is 20.8 Å². The highest BCUT2D eigenvalue weighted by Gasteiger charge is 2.23. The fourth-order valence-corrected chi connectivity index (χ4v) is 1.57. The standard InChI is InChI=1S/C13H17Cl2NO3/c1-8(12(18)16-13(2,3)7-17)19-9-4-5-10(14)11(15)6-9/h4-6,8,17H,7H2,1-3H3,(H,16,18). The van der Waals surface area contributed by atoms with Gasteiger partial charge in [-0.15, -0.1) is 0 Å². The average molecular weight is 306 g/mol. The minimum absolute atomic E-state index is 0.155. The van der Waals surface area contributed by atoms with Crippen LogP contribution in [-0.2, 0) is 4.79 Å². The van der Waals surface area contributed by atoms with Crippen molar-refractivity contribution in [2.75, 3.05) is 6.61 Å². The molecule has 1 amide bonds. The second kappa shape index (κ2) is 6.46. The van der Waals surface area contributed by atoms with Gasteiger partial charge in [0.2, 0.25) is 0 Å². The number of hydrogen-bond acceptors (Lipinski definition) is 3. The first-order valence-corrected chi connectivity index (χ1v) is 6.55. The highest BCUT2D eigenvalue weighted by Crippen LogP contribution is 2.26. The fraction of sp³-hybridized carbons (Fsp3) is 0.462. The molecule has 1 unspecified atom stereocenters. The number of halogens is 2. The van der Waals surface area contributed by atoms with Gasteiger partial charge >= 0.3 is 0 Å². The summed E-state index contributed by atoms with van der Waals surface area (Å²) in [4.78, 5) is 11.9. The molecule has 0 heterocycles. The predicted molar refractivity (Wildman–Crippen MR) is 75.9 cm³/mol. The van der Waals surface area contributed by atoms with Crippen molar-refractivity contribution < 1.29 is 14.6 Å². The van der Waals surface area contributed by atoms with Gasteiger partial charge in [0.15, 0.2) is 6.10 Å². The highest BCUT2D eigenvalue weighted by molar-refractivity contribution is 6.42. The Labute approximate surface area is 122 Å². The molecule has 6 heteroatoms. The zero-order valence-electron chi connectivity index (χ0n) is 11.0. The summed E-state index contributed by atoms with van der Waals surface area (Å²) >= 11 is 11.7. The normalized spacial score (nSPS) is 12.9. The molecule has 0 aliphatic rings. The molecule has 106 valence electrons. The second-order valence-corrected chi connectivity index (χ2v) is 5.68. The van der Waals surface area contributed by atoms with Crippen molar-refractivity contribution in [3.05, 3.63) is 28.2 Å². The van der Waals surface area contributed by atoms with Crippen LogP contribution in [0.3, 0.4) is 0 Å². The topological polar surface area (TPSA) is 58.6 Å². The summed E-state index contributed by atoms with van der Waals surface area (Å²) in [7, 11) is 0. The maximum absolute atomic E-state index is 11.9. The Morgan fingerprint density at radius 1 is 1.42 bits per heavy atom. The summed E-state index contributed by atoms with van der Waals surface area (Å²) in [6.07, 6.45) is -0.705. The van der Waals surface area contributed by atoms with E-state index < -0.39 is 11.6 Å². The number of carbonyl (C=O) groups is 1. The van der Waals surface area contributed by atoms with Gasteiger partial charge in [-0.25, -0.2) is 0 Å². The number of rotatable bonds is 5. The van der Waals surface area contributed by atoms with Gasteiger partial charge in [-0.2, -0.15) is 0 Å². The quantitative estimate of drug-likeness (QED) is 0.879. The van der Waals surface area contributed by atoms with Gasteiger partial charge in [-0.05, 0) is 32.9 Å². The Kier molecular flexibility index (Phi) is 5.47. The third-order valence-electron chi connectivity index (χ3n) is 2.43. The molecular formula is C13H17Cl2NO3. The molecule has 1 atom stereocenters. The molecular weight excluding hydrogens is 289 g/mol. The second-order valence-electron chi connectivity index (χ2n) is 4.87. The molecule has 0 fully saturated rings. The first kappa shape index (κ1) is 16.1. The molecule has 0 aromatic heterocycles. The maximum atomic E-state index is 11.9. The van der Waals surface area contributed by atoms with E-state index in [1.807, 2.05) is 0 Å². The molecule has 0 aliphatic carbocycles. The van der Waals surface area contributed by atoms with Gasteiger partial charge in [-0.3, -0.25) is 4.79 Å². The molecule has 1 aromatic carbocycles. The van der Waals surface area contributed by atoms with E-state index in [1.165, 1.54) is 0 Å². The van der Waals surface area contributed by atoms with Gasteiger partial charge in [0.1, 0.15) is 5.75 Å². The third-order valence-corrected chi connectivity index (χ3v) is 3.17. The van der Waals surface area contributed by atoms with Gasteiger partial charge < -0.3 is 15.2 Å². The van der Waals surface area contributed by atoms with E-state index in [4.69, 9.17) is 33.0 Å². The maximum Gasteiger partial charge on any atom is 0.261 e. The molecule has 0 saturated carbocycles. The molecule has 4 nitrogen and oxygen atoms in total. The molecule has 0 radical (unpaired) electrons. The monoisotopic (exact) mass is 305 g/mol. The van der Waals surface area contributed by atoms with Gasteiger partial charge in [0.25, 0.3) is 5.91 Å². The summed E-state index contributed by atoms with van der Waals surface area (Å²) < 4.78 is 5.47. The molecule has 2 N–H and O–H groups in total. The number of carbonyl (C=O) groups excluding carboxylic acids is 1. The summed E-state index contributed by atoms with van der Waals surface area (Å²) in [5.41, 5.74) is -0.688. The summed E-state index contributed by atoms with van der Waals surface area (Å²) in [5.74, 6) is 0.143. The van der Waals surface area contributed by atoms with Crippen LogP contribution in [0.2, 0.25) is 10.0 Å². The van der Waals surface area contributed by atoms with Crippen LogP contribution >= 0.6 is 23.2 Å². The number of aliphatic hydroxyl groups is 1. The summed E-state index contributed by atoms with van der Waals surface area (Å²) in [5, 5.41) is 12.6. The highest BCUT2D eigenvalue weighted by atomic mass is 35.5. The minimum Gasteiger partial charge on any atom is -0.481 e. The largest absolute Gasteiger partial charge is 0.481 e. The third kappa shape index (κ3) is 4.90. The van der Waals surface area contributed by atoms with Gasteiger partial charge in [0, 0.05) is 6.07 Å². The number of benzene rings is 1. The van der Waals surface area contributed by atoms with Crippen LogP contribution in [0.5, 0.6) is 5.75 Å². The predicted octanol–water partition coefficient (Wildman–Crippen LogP) is 2.65. The summed E-state index contributed by atoms with van der Waals surface area (Å²) in [6.45, 7) is 4.90. The van der Waals surface area contributed by atoms with Crippen LogP contribution in [0, 0.1) is 0 Å². The van der Waals surface area contributed by atoms with E-state index in [2.05, 4.69) is 5.32 Å². The van der Waals surface area contributed by atoms with E-state index in [0.717, 1.165) is 0 Å². The summed E-state index contributed by atoms with van der Waals surface area (Å²) in [6, 6.07) is 4.78. The number of amides is 1. The number of hydrogen-bond donors (Lipinski definition) is 2. The van der Waals surface area contributed by atoms with E-state index in [1.54, 1.807) is 39.0 Å². The lowest BCUT2D eigenvalue weighted by Crippen LogP contribution is -2.50. The first-order chi connectivity index (χ1) is 8.75. The molecule has 0 bridgehead atoms. The van der Waals surface area contributed by atoms with Crippen LogP contribution in [0.15, 0.2) is 18.2 Å². The Morgan fingerprint density at radius 2 is 2.05 bits per heavy atom. The van der Waals surface area contributed by atoms with Gasteiger partial charge in [0.05, 0.1) is 22.2 Å². The fourth-order valence-electron chi connectivity index (χ4n) is 1.28. The molecule has 0 saturated heterocycles. The molecule has 0 spiro atoms.